The van der Waals surface area contributed by atoms with Gasteiger partial charge in [-0.1, -0.05) is 0 Å². The third kappa shape index (κ3) is 3.59. The minimum atomic E-state index is -0.291. The first kappa shape index (κ1) is 20.1. The topological polar surface area (TPSA) is 82.6 Å². The van der Waals surface area contributed by atoms with Crippen molar-refractivity contribution in [2.75, 3.05) is 24.5 Å². The number of carbonyl (C=O) groups excluding carboxylic acids is 1. The summed E-state index contributed by atoms with van der Waals surface area (Å²) in [6.45, 7) is 8.62. The number of carbonyl (C=O) groups is 1. The Kier molecular flexibility index (Phi) is 4.78. The molecule has 0 spiro atoms. The Morgan fingerprint density at radius 3 is 2.74 bits per heavy atom. The van der Waals surface area contributed by atoms with Gasteiger partial charge in [-0.2, -0.15) is 5.26 Å². The van der Waals surface area contributed by atoms with Gasteiger partial charge in [0.15, 0.2) is 0 Å². The number of hydrogen-bond donors (Lipinski definition) is 0. The number of pyridine rings is 1. The third-order valence-electron chi connectivity index (χ3n) is 6.67. The molecular formula is C24H28N4O3. The van der Waals surface area contributed by atoms with Gasteiger partial charge >= 0.3 is 0 Å². The number of nitriles is 1. The average molecular weight is 421 g/mol. The first-order valence-electron chi connectivity index (χ1n) is 11.1. The molecule has 4 heterocycles. The molecule has 0 aromatic carbocycles. The number of hydrogen-bond acceptors (Lipinski definition) is 6. The maximum atomic E-state index is 12.8. The lowest BCUT2D eigenvalue weighted by Gasteiger charge is -2.41. The Bertz CT molecular complexity index is 1050. The Morgan fingerprint density at radius 2 is 2.10 bits per heavy atom. The van der Waals surface area contributed by atoms with Crippen LogP contribution in [0.1, 0.15) is 72.3 Å². The lowest BCUT2D eigenvalue weighted by atomic mass is 9.87. The first-order chi connectivity index (χ1) is 14.9. The number of fused-ring (bicyclic) bond motifs is 1. The van der Waals surface area contributed by atoms with Crippen molar-refractivity contribution in [3.8, 4) is 6.07 Å². The summed E-state index contributed by atoms with van der Waals surface area (Å²) in [6.07, 6.45) is 6.03. The summed E-state index contributed by atoms with van der Waals surface area (Å²) in [7, 11) is 0. The summed E-state index contributed by atoms with van der Waals surface area (Å²) in [5, 5.41) is 10.1. The molecule has 1 aliphatic carbocycles. The van der Waals surface area contributed by atoms with Crippen LogP contribution in [-0.2, 0) is 17.8 Å². The van der Waals surface area contributed by atoms with Crippen LogP contribution in [0, 0.1) is 11.3 Å². The van der Waals surface area contributed by atoms with Gasteiger partial charge in [0.05, 0.1) is 35.3 Å². The average Bonchev–Trinajstić information content (AvgIpc) is 3.44. The van der Waals surface area contributed by atoms with Crippen molar-refractivity contribution in [1.29, 1.82) is 5.26 Å². The quantitative estimate of drug-likeness (QED) is 0.754. The fourth-order valence-corrected chi connectivity index (χ4v) is 4.82. The maximum absolute atomic E-state index is 12.8. The summed E-state index contributed by atoms with van der Waals surface area (Å²) in [5.41, 5.74) is 4.31. The van der Waals surface area contributed by atoms with E-state index < -0.39 is 0 Å². The summed E-state index contributed by atoms with van der Waals surface area (Å²) >= 11 is 0. The summed E-state index contributed by atoms with van der Waals surface area (Å²) < 4.78 is 11.2. The van der Waals surface area contributed by atoms with Gasteiger partial charge in [-0.25, -0.2) is 4.98 Å². The zero-order valence-corrected chi connectivity index (χ0v) is 18.4. The first-order valence-corrected chi connectivity index (χ1v) is 11.1. The summed E-state index contributed by atoms with van der Waals surface area (Å²) in [5.74, 6) is 1.24. The highest BCUT2D eigenvalue weighted by Gasteiger charge is 2.38. The Balaban J connectivity index is 1.47. The third-order valence-corrected chi connectivity index (χ3v) is 6.67. The number of piperazine rings is 1. The van der Waals surface area contributed by atoms with Crippen molar-refractivity contribution >= 4 is 11.7 Å². The molecule has 2 fully saturated rings. The molecule has 5 rings (SSSR count). The van der Waals surface area contributed by atoms with E-state index in [-0.39, 0.29) is 17.6 Å². The Labute approximate surface area is 182 Å². The predicted molar refractivity (Wildman–Crippen MR) is 115 cm³/mol. The minimum Gasteiger partial charge on any atom is -0.472 e. The predicted octanol–water partition coefficient (Wildman–Crippen LogP) is 3.63. The van der Waals surface area contributed by atoms with E-state index in [1.165, 1.54) is 12.5 Å². The number of nitrogens with zero attached hydrogens (tertiary/aromatic N) is 4. The van der Waals surface area contributed by atoms with Crippen molar-refractivity contribution in [2.45, 2.75) is 64.2 Å². The minimum absolute atomic E-state index is 0.00433. The van der Waals surface area contributed by atoms with Crippen LogP contribution in [0.3, 0.4) is 0 Å². The van der Waals surface area contributed by atoms with Gasteiger partial charge in [-0.05, 0) is 45.2 Å². The second-order valence-electron chi connectivity index (χ2n) is 9.57. The van der Waals surface area contributed by atoms with Gasteiger partial charge in [-0.15, -0.1) is 0 Å². The van der Waals surface area contributed by atoms with E-state index in [0.717, 1.165) is 41.9 Å². The second-order valence-corrected chi connectivity index (χ2v) is 9.57. The lowest BCUT2D eigenvalue weighted by molar-refractivity contribution is -0.0407. The fourth-order valence-electron chi connectivity index (χ4n) is 4.82. The van der Waals surface area contributed by atoms with Crippen molar-refractivity contribution in [3.63, 3.8) is 0 Å². The summed E-state index contributed by atoms with van der Waals surface area (Å²) in [4.78, 5) is 21.9. The molecule has 1 amide bonds. The lowest BCUT2D eigenvalue weighted by Crippen LogP contribution is -2.54. The Morgan fingerprint density at radius 1 is 1.29 bits per heavy atom. The van der Waals surface area contributed by atoms with Crippen molar-refractivity contribution in [2.24, 2.45) is 0 Å². The van der Waals surface area contributed by atoms with E-state index >= 15 is 0 Å². The van der Waals surface area contributed by atoms with Crippen LogP contribution in [0.25, 0.3) is 0 Å². The molecule has 7 heteroatoms. The number of furan rings is 1. The number of aromatic nitrogens is 1. The normalized spacial score (nSPS) is 22.7. The highest BCUT2D eigenvalue weighted by atomic mass is 16.5. The van der Waals surface area contributed by atoms with Gasteiger partial charge < -0.3 is 19.0 Å². The molecule has 1 atom stereocenters. The van der Waals surface area contributed by atoms with Crippen LogP contribution in [0.2, 0.25) is 0 Å². The van der Waals surface area contributed by atoms with Gasteiger partial charge in [0.2, 0.25) is 0 Å². The molecule has 3 aliphatic rings. The highest BCUT2D eigenvalue weighted by Crippen LogP contribution is 2.45. The van der Waals surface area contributed by atoms with Crippen LogP contribution in [0.15, 0.2) is 23.0 Å². The van der Waals surface area contributed by atoms with Gasteiger partial charge in [0.1, 0.15) is 18.2 Å². The molecule has 0 unspecified atom stereocenters. The largest absolute Gasteiger partial charge is 0.472 e. The molecular weight excluding hydrogens is 392 g/mol. The zero-order chi connectivity index (χ0) is 21.8. The van der Waals surface area contributed by atoms with E-state index in [2.05, 4.69) is 24.8 Å². The molecule has 2 aromatic heterocycles. The second kappa shape index (κ2) is 7.38. The van der Waals surface area contributed by atoms with Crippen LogP contribution in [0.5, 0.6) is 0 Å². The van der Waals surface area contributed by atoms with E-state index in [1.807, 2.05) is 11.8 Å². The molecule has 0 radical (unpaired) electrons. The fraction of sp³-hybridized carbons (Fsp3) is 0.542. The smallest absolute Gasteiger partial charge is 0.257 e. The summed E-state index contributed by atoms with van der Waals surface area (Å²) in [6, 6.07) is 4.17. The number of anilines is 1. The molecule has 7 nitrogen and oxygen atoms in total. The van der Waals surface area contributed by atoms with Gasteiger partial charge in [-0.3, -0.25) is 4.79 Å². The Hall–Kier alpha value is -2.85. The van der Waals surface area contributed by atoms with E-state index in [9.17, 15) is 10.1 Å². The van der Waals surface area contributed by atoms with E-state index in [4.69, 9.17) is 14.1 Å². The molecule has 162 valence electrons. The van der Waals surface area contributed by atoms with Crippen molar-refractivity contribution < 1.29 is 13.9 Å². The molecule has 0 N–H and O–H groups in total. The van der Waals surface area contributed by atoms with Crippen LogP contribution < -0.4 is 4.90 Å². The molecule has 1 saturated carbocycles. The van der Waals surface area contributed by atoms with Crippen LogP contribution >= 0.6 is 0 Å². The number of amides is 1. The van der Waals surface area contributed by atoms with Crippen molar-refractivity contribution in [1.82, 2.24) is 9.88 Å². The van der Waals surface area contributed by atoms with E-state index in [1.54, 1.807) is 6.07 Å². The van der Waals surface area contributed by atoms with E-state index in [0.29, 0.717) is 43.3 Å². The standard InChI is InChI=1S/C24H28N4O3/c1-15-12-27(7-8-28(15)23(29)17-6-9-30-13-17)22-19(11-25)18-10-24(2,3)31-14-20(18)21(26-22)16-4-5-16/h6,9,13,15-16H,4-5,7-8,10,12,14H2,1-3H3/t15-/m1/s1. The highest BCUT2D eigenvalue weighted by molar-refractivity contribution is 5.94. The molecule has 0 bridgehead atoms. The number of ether oxygens (including phenoxy) is 1. The monoisotopic (exact) mass is 420 g/mol. The van der Waals surface area contributed by atoms with Crippen LogP contribution in [-0.4, -0.2) is 47.1 Å². The number of rotatable bonds is 3. The molecule has 2 aliphatic heterocycles. The maximum Gasteiger partial charge on any atom is 0.257 e. The zero-order valence-electron chi connectivity index (χ0n) is 18.4. The molecule has 31 heavy (non-hydrogen) atoms. The van der Waals surface area contributed by atoms with Crippen LogP contribution in [0.4, 0.5) is 5.82 Å². The molecule has 1 saturated heterocycles. The van der Waals surface area contributed by atoms with Gasteiger partial charge in [0, 0.05) is 43.6 Å². The SMILES string of the molecule is C[C@@H]1CN(c2nc(C3CC3)c3c(c2C#N)CC(C)(C)OC3)CCN1C(=O)c1ccoc1. The van der Waals surface area contributed by atoms with Gasteiger partial charge in [0.25, 0.3) is 5.91 Å². The molecule has 2 aromatic rings. The van der Waals surface area contributed by atoms with Crippen molar-refractivity contribution in [3.05, 3.63) is 46.5 Å².